The number of aromatic nitrogens is 1. The number of benzene rings is 1. The van der Waals surface area contributed by atoms with Crippen molar-refractivity contribution in [3.05, 3.63) is 51.8 Å². The molecule has 1 unspecified atom stereocenters. The van der Waals surface area contributed by atoms with E-state index in [2.05, 4.69) is 33.9 Å². The van der Waals surface area contributed by atoms with Crippen molar-refractivity contribution in [1.29, 1.82) is 0 Å². The summed E-state index contributed by atoms with van der Waals surface area (Å²) in [6, 6.07) is 10.1. The minimum Gasteiger partial charge on any atom is -0.455 e. The zero-order valence-electron chi connectivity index (χ0n) is 12.7. The molecule has 2 aromatic rings. The van der Waals surface area contributed by atoms with Gasteiger partial charge in [0, 0.05) is 16.2 Å². The molecule has 0 aliphatic rings. The van der Waals surface area contributed by atoms with Crippen LogP contribution in [0.25, 0.3) is 0 Å². The van der Waals surface area contributed by atoms with Crippen LogP contribution in [0.15, 0.2) is 34.8 Å². The van der Waals surface area contributed by atoms with Crippen LogP contribution in [0.2, 0.25) is 0 Å². The van der Waals surface area contributed by atoms with Gasteiger partial charge in [0.1, 0.15) is 11.5 Å². The second-order valence-electron chi connectivity index (χ2n) is 5.29. The van der Waals surface area contributed by atoms with Crippen molar-refractivity contribution < 1.29 is 4.74 Å². The number of aryl methyl sites for hydroxylation is 2. The van der Waals surface area contributed by atoms with E-state index in [1.807, 2.05) is 38.1 Å². The molecule has 0 fully saturated rings. The molecular formula is C17H21BrN2O. The molecule has 21 heavy (non-hydrogen) atoms. The Bertz CT molecular complexity index is 626. The molecule has 0 spiro atoms. The molecule has 1 atom stereocenters. The molecule has 0 aliphatic heterocycles. The molecule has 3 nitrogen and oxygen atoms in total. The Morgan fingerprint density at radius 2 is 2.05 bits per heavy atom. The highest BCUT2D eigenvalue weighted by atomic mass is 79.9. The summed E-state index contributed by atoms with van der Waals surface area (Å²) in [7, 11) is 0. The van der Waals surface area contributed by atoms with E-state index in [1.165, 1.54) is 5.56 Å². The van der Waals surface area contributed by atoms with E-state index < -0.39 is 0 Å². The van der Waals surface area contributed by atoms with Crippen molar-refractivity contribution in [2.45, 2.75) is 39.7 Å². The number of hydrogen-bond acceptors (Lipinski definition) is 3. The van der Waals surface area contributed by atoms with Gasteiger partial charge in [0.2, 0.25) is 0 Å². The summed E-state index contributed by atoms with van der Waals surface area (Å²) in [6.45, 7) is 6.07. The lowest BCUT2D eigenvalue weighted by atomic mass is 10.1. The number of ether oxygens (including phenoxy) is 1. The van der Waals surface area contributed by atoms with E-state index in [0.29, 0.717) is 0 Å². The average molecular weight is 349 g/mol. The largest absolute Gasteiger partial charge is 0.455 e. The molecule has 2 N–H and O–H groups in total. The number of nitrogens with zero attached hydrogens (tertiary/aromatic N) is 1. The first-order valence-corrected chi connectivity index (χ1v) is 7.97. The SMILES string of the molecule is CCc1nc(C)ccc1Oc1ccc(CC(C)N)c(Br)c1. The van der Waals surface area contributed by atoms with Crippen LogP contribution in [0, 0.1) is 6.92 Å². The molecule has 0 bridgehead atoms. The summed E-state index contributed by atoms with van der Waals surface area (Å²) in [6.07, 6.45) is 1.69. The van der Waals surface area contributed by atoms with Crippen LogP contribution in [0.3, 0.4) is 0 Å². The number of pyridine rings is 1. The molecule has 112 valence electrons. The van der Waals surface area contributed by atoms with Gasteiger partial charge in [0.25, 0.3) is 0 Å². The highest BCUT2D eigenvalue weighted by Gasteiger charge is 2.08. The lowest BCUT2D eigenvalue weighted by Crippen LogP contribution is -2.17. The molecule has 0 saturated heterocycles. The van der Waals surface area contributed by atoms with E-state index in [1.54, 1.807) is 0 Å². The summed E-state index contributed by atoms with van der Waals surface area (Å²) < 4.78 is 7.00. The standard InChI is InChI=1S/C17H21BrN2O/c1-4-16-17(8-5-12(3)20-16)21-14-7-6-13(9-11(2)19)15(18)10-14/h5-8,10-11H,4,9,19H2,1-3H3. The number of nitrogens with two attached hydrogens (primary N) is 1. The quantitative estimate of drug-likeness (QED) is 0.871. The third kappa shape index (κ3) is 4.29. The summed E-state index contributed by atoms with van der Waals surface area (Å²) in [5, 5.41) is 0. The van der Waals surface area contributed by atoms with Gasteiger partial charge >= 0.3 is 0 Å². The molecule has 0 saturated carbocycles. The third-order valence-corrected chi connectivity index (χ3v) is 3.94. The first-order chi connectivity index (χ1) is 9.99. The molecular weight excluding hydrogens is 328 g/mol. The van der Waals surface area contributed by atoms with Gasteiger partial charge in [-0.05, 0) is 56.5 Å². The van der Waals surface area contributed by atoms with Gasteiger partial charge in [-0.1, -0.05) is 28.9 Å². The summed E-state index contributed by atoms with van der Waals surface area (Å²) in [5.41, 5.74) is 9.02. The zero-order valence-corrected chi connectivity index (χ0v) is 14.3. The smallest absolute Gasteiger partial charge is 0.148 e. The molecule has 1 aromatic carbocycles. The van der Waals surface area contributed by atoms with Gasteiger partial charge in [0.05, 0.1) is 5.69 Å². The maximum atomic E-state index is 5.97. The van der Waals surface area contributed by atoms with E-state index in [4.69, 9.17) is 10.5 Å². The van der Waals surface area contributed by atoms with Crippen molar-refractivity contribution in [2.24, 2.45) is 5.73 Å². The highest BCUT2D eigenvalue weighted by molar-refractivity contribution is 9.10. The molecule has 1 aromatic heterocycles. The van der Waals surface area contributed by atoms with Crippen LogP contribution in [-0.4, -0.2) is 11.0 Å². The molecule has 0 radical (unpaired) electrons. The van der Waals surface area contributed by atoms with Crippen molar-refractivity contribution >= 4 is 15.9 Å². The Hall–Kier alpha value is -1.39. The maximum absolute atomic E-state index is 5.97. The van der Waals surface area contributed by atoms with E-state index in [9.17, 15) is 0 Å². The van der Waals surface area contributed by atoms with Gasteiger partial charge < -0.3 is 10.5 Å². The van der Waals surface area contributed by atoms with Crippen molar-refractivity contribution in [3.63, 3.8) is 0 Å². The minimum atomic E-state index is 0.140. The monoisotopic (exact) mass is 348 g/mol. The van der Waals surface area contributed by atoms with Crippen LogP contribution in [0.4, 0.5) is 0 Å². The second-order valence-corrected chi connectivity index (χ2v) is 6.14. The van der Waals surface area contributed by atoms with Crippen molar-refractivity contribution in [2.75, 3.05) is 0 Å². The Kier molecular flexibility index (Phi) is 5.37. The Labute approximate surface area is 134 Å². The van der Waals surface area contributed by atoms with Crippen LogP contribution < -0.4 is 10.5 Å². The van der Waals surface area contributed by atoms with Crippen LogP contribution >= 0.6 is 15.9 Å². The average Bonchev–Trinajstić information content (AvgIpc) is 2.43. The van der Waals surface area contributed by atoms with Crippen LogP contribution in [-0.2, 0) is 12.8 Å². The summed E-state index contributed by atoms with van der Waals surface area (Å²) >= 11 is 3.59. The maximum Gasteiger partial charge on any atom is 0.148 e. The zero-order chi connectivity index (χ0) is 15.4. The second kappa shape index (κ2) is 7.05. The van der Waals surface area contributed by atoms with Gasteiger partial charge in [-0.15, -0.1) is 0 Å². The fraction of sp³-hybridized carbons (Fsp3) is 0.353. The molecule has 2 rings (SSSR count). The fourth-order valence-electron chi connectivity index (χ4n) is 2.17. The molecule has 1 heterocycles. The van der Waals surface area contributed by atoms with E-state index in [0.717, 1.165) is 40.2 Å². The van der Waals surface area contributed by atoms with Crippen LogP contribution in [0.5, 0.6) is 11.5 Å². The molecule has 0 aliphatic carbocycles. The normalized spacial score (nSPS) is 12.2. The van der Waals surface area contributed by atoms with Gasteiger partial charge in [-0.2, -0.15) is 0 Å². The Balaban J connectivity index is 2.22. The Morgan fingerprint density at radius 1 is 1.29 bits per heavy atom. The number of hydrogen-bond donors (Lipinski definition) is 1. The number of rotatable bonds is 5. The van der Waals surface area contributed by atoms with Gasteiger partial charge in [0.15, 0.2) is 0 Å². The van der Waals surface area contributed by atoms with E-state index >= 15 is 0 Å². The topological polar surface area (TPSA) is 48.1 Å². The summed E-state index contributed by atoms with van der Waals surface area (Å²) in [5.74, 6) is 1.62. The predicted molar refractivity (Wildman–Crippen MR) is 89.9 cm³/mol. The molecule has 0 amide bonds. The first kappa shape index (κ1) is 16.0. The van der Waals surface area contributed by atoms with Crippen molar-refractivity contribution in [1.82, 2.24) is 4.98 Å². The predicted octanol–water partition coefficient (Wildman–Crippen LogP) is 4.40. The molecule has 4 heteroatoms. The van der Waals surface area contributed by atoms with Crippen molar-refractivity contribution in [3.8, 4) is 11.5 Å². The summed E-state index contributed by atoms with van der Waals surface area (Å²) in [4.78, 5) is 4.51. The number of halogens is 1. The van der Waals surface area contributed by atoms with Gasteiger partial charge in [-0.25, -0.2) is 0 Å². The minimum absolute atomic E-state index is 0.140. The highest BCUT2D eigenvalue weighted by Crippen LogP contribution is 2.29. The van der Waals surface area contributed by atoms with Gasteiger partial charge in [-0.3, -0.25) is 4.98 Å². The fourth-order valence-corrected chi connectivity index (χ4v) is 2.69. The third-order valence-electron chi connectivity index (χ3n) is 3.20. The lowest BCUT2D eigenvalue weighted by Gasteiger charge is -2.12. The Morgan fingerprint density at radius 3 is 2.67 bits per heavy atom. The van der Waals surface area contributed by atoms with E-state index in [-0.39, 0.29) is 6.04 Å². The lowest BCUT2D eigenvalue weighted by molar-refractivity contribution is 0.472. The van der Waals surface area contributed by atoms with Crippen LogP contribution in [0.1, 0.15) is 30.8 Å². The first-order valence-electron chi connectivity index (χ1n) is 7.18.